The number of carboxylic acids is 1. The molecule has 0 amide bonds. The smallest absolute Gasteiger partial charge is 0.304 e. The van der Waals surface area contributed by atoms with E-state index in [4.69, 9.17) is 14.6 Å². The normalized spacial score (nSPS) is 12.1. The second kappa shape index (κ2) is 9.30. The Kier molecular flexibility index (Phi) is 8.97. The molecular weight excluding hydrogens is 234 g/mol. The highest BCUT2D eigenvalue weighted by Gasteiger charge is 2.21. The van der Waals surface area contributed by atoms with Gasteiger partial charge in [-0.1, -0.05) is 0 Å². The van der Waals surface area contributed by atoms with Crippen molar-refractivity contribution in [2.45, 2.75) is 39.2 Å². The molecule has 0 aromatic carbocycles. The number of aliphatic carboxylic acids is 1. The summed E-state index contributed by atoms with van der Waals surface area (Å²) < 4.78 is 10.4. The van der Waals surface area contributed by atoms with Crippen LogP contribution in [-0.2, 0) is 14.3 Å². The highest BCUT2D eigenvalue weighted by atomic mass is 16.5. The lowest BCUT2D eigenvalue weighted by Gasteiger charge is -2.35. The molecule has 108 valence electrons. The van der Waals surface area contributed by atoms with E-state index in [0.29, 0.717) is 26.4 Å². The second-order valence-electron chi connectivity index (χ2n) is 5.26. The van der Waals surface area contributed by atoms with Crippen LogP contribution in [0.2, 0.25) is 0 Å². The summed E-state index contributed by atoms with van der Waals surface area (Å²) in [6.45, 7) is 9.58. The van der Waals surface area contributed by atoms with Gasteiger partial charge in [0.25, 0.3) is 0 Å². The zero-order chi connectivity index (χ0) is 14.0. The van der Waals surface area contributed by atoms with Gasteiger partial charge < -0.3 is 14.6 Å². The Morgan fingerprint density at radius 2 is 1.83 bits per heavy atom. The molecular formula is C13H27NO4. The average Bonchev–Trinajstić information content (AvgIpc) is 2.25. The van der Waals surface area contributed by atoms with Crippen LogP contribution in [0, 0.1) is 0 Å². The van der Waals surface area contributed by atoms with Crippen LogP contribution < -0.4 is 0 Å². The standard InChI is InChI=1S/C13H27NO4/c1-13(2,3)14(7-6-12(15)16)8-11-18-10-5-9-17-4/h5-11H2,1-4H3,(H,15,16). The Hall–Kier alpha value is -0.650. The first-order valence-electron chi connectivity index (χ1n) is 6.41. The molecule has 5 nitrogen and oxygen atoms in total. The fourth-order valence-electron chi connectivity index (χ4n) is 1.60. The summed E-state index contributed by atoms with van der Waals surface area (Å²) >= 11 is 0. The predicted octanol–water partition coefficient (Wildman–Crippen LogP) is 1.61. The summed E-state index contributed by atoms with van der Waals surface area (Å²) in [4.78, 5) is 12.7. The van der Waals surface area contributed by atoms with Crippen molar-refractivity contribution >= 4 is 5.97 Å². The molecule has 0 radical (unpaired) electrons. The first-order chi connectivity index (χ1) is 8.38. The topological polar surface area (TPSA) is 59.0 Å². The molecule has 0 saturated heterocycles. The Morgan fingerprint density at radius 3 is 2.33 bits per heavy atom. The van der Waals surface area contributed by atoms with Crippen molar-refractivity contribution < 1.29 is 19.4 Å². The van der Waals surface area contributed by atoms with Gasteiger partial charge in [0.2, 0.25) is 0 Å². The largest absolute Gasteiger partial charge is 0.481 e. The molecule has 0 heterocycles. The van der Waals surface area contributed by atoms with Crippen LogP contribution in [0.15, 0.2) is 0 Å². The van der Waals surface area contributed by atoms with E-state index in [-0.39, 0.29) is 12.0 Å². The Morgan fingerprint density at radius 1 is 1.17 bits per heavy atom. The minimum Gasteiger partial charge on any atom is -0.481 e. The van der Waals surface area contributed by atoms with Gasteiger partial charge >= 0.3 is 5.97 Å². The summed E-state index contributed by atoms with van der Waals surface area (Å²) in [5.41, 5.74) is -0.0364. The Balaban J connectivity index is 3.84. The molecule has 0 fully saturated rings. The third-order valence-corrected chi connectivity index (χ3v) is 2.69. The van der Waals surface area contributed by atoms with Crippen LogP contribution in [0.3, 0.4) is 0 Å². The molecule has 0 saturated carbocycles. The summed E-state index contributed by atoms with van der Waals surface area (Å²) in [5.74, 6) is -0.759. The summed E-state index contributed by atoms with van der Waals surface area (Å²) in [6, 6.07) is 0. The van der Waals surface area contributed by atoms with E-state index in [2.05, 4.69) is 25.7 Å². The number of hydrogen-bond acceptors (Lipinski definition) is 4. The van der Waals surface area contributed by atoms with Crippen molar-refractivity contribution in [1.82, 2.24) is 4.90 Å². The lowest BCUT2D eigenvalue weighted by molar-refractivity contribution is -0.137. The van der Waals surface area contributed by atoms with Crippen LogP contribution in [0.4, 0.5) is 0 Å². The maximum atomic E-state index is 10.6. The molecule has 0 aliphatic heterocycles. The predicted molar refractivity (Wildman–Crippen MR) is 70.9 cm³/mol. The van der Waals surface area contributed by atoms with Gasteiger partial charge in [0.15, 0.2) is 0 Å². The highest BCUT2D eigenvalue weighted by molar-refractivity contribution is 5.66. The first kappa shape index (κ1) is 17.4. The molecule has 0 bridgehead atoms. The van der Waals surface area contributed by atoms with Gasteiger partial charge in [-0.05, 0) is 27.2 Å². The minimum absolute atomic E-state index is 0.0364. The number of ether oxygens (including phenoxy) is 2. The van der Waals surface area contributed by atoms with Gasteiger partial charge in [0.1, 0.15) is 0 Å². The summed E-state index contributed by atoms with van der Waals surface area (Å²) in [6.07, 6.45) is 1.06. The third kappa shape index (κ3) is 9.39. The minimum atomic E-state index is -0.759. The van der Waals surface area contributed by atoms with Crippen molar-refractivity contribution in [1.29, 1.82) is 0 Å². The maximum absolute atomic E-state index is 10.6. The Bertz CT molecular complexity index is 226. The monoisotopic (exact) mass is 261 g/mol. The average molecular weight is 261 g/mol. The van der Waals surface area contributed by atoms with E-state index >= 15 is 0 Å². The van der Waals surface area contributed by atoms with Crippen LogP contribution >= 0.6 is 0 Å². The molecule has 5 heteroatoms. The van der Waals surface area contributed by atoms with Crippen LogP contribution in [0.5, 0.6) is 0 Å². The van der Waals surface area contributed by atoms with Crippen molar-refractivity contribution in [3.63, 3.8) is 0 Å². The maximum Gasteiger partial charge on any atom is 0.304 e. The van der Waals surface area contributed by atoms with Crippen molar-refractivity contribution in [2.75, 3.05) is 40.0 Å². The quantitative estimate of drug-likeness (QED) is 0.605. The van der Waals surface area contributed by atoms with Gasteiger partial charge in [0.05, 0.1) is 13.0 Å². The SMILES string of the molecule is COCCCOCCN(CCC(=O)O)C(C)(C)C. The van der Waals surface area contributed by atoms with Crippen molar-refractivity contribution in [2.24, 2.45) is 0 Å². The van der Waals surface area contributed by atoms with E-state index in [9.17, 15) is 4.79 Å². The van der Waals surface area contributed by atoms with E-state index < -0.39 is 5.97 Å². The third-order valence-electron chi connectivity index (χ3n) is 2.69. The van der Waals surface area contributed by atoms with Gasteiger partial charge in [-0.3, -0.25) is 9.69 Å². The van der Waals surface area contributed by atoms with Crippen molar-refractivity contribution in [3.8, 4) is 0 Å². The van der Waals surface area contributed by atoms with Gasteiger partial charge in [-0.2, -0.15) is 0 Å². The fraction of sp³-hybridized carbons (Fsp3) is 0.923. The number of hydrogen-bond donors (Lipinski definition) is 1. The molecule has 0 aliphatic rings. The highest BCUT2D eigenvalue weighted by Crippen LogP contribution is 2.13. The lowest BCUT2D eigenvalue weighted by atomic mass is 10.1. The summed E-state index contributed by atoms with van der Waals surface area (Å²) in [5, 5.41) is 8.72. The molecule has 1 N–H and O–H groups in total. The number of methoxy groups -OCH3 is 1. The number of nitrogens with zero attached hydrogens (tertiary/aromatic N) is 1. The molecule has 18 heavy (non-hydrogen) atoms. The number of rotatable bonds is 10. The number of carboxylic acid groups (broad SMARTS) is 1. The van der Waals surface area contributed by atoms with Gasteiger partial charge in [0, 0.05) is 39.0 Å². The Labute approximate surface area is 110 Å². The van der Waals surface area contributed by atoms with E-state index in [1.807, 2.05) is 0 Å². The zero-order valence-corrected chi connectivity index (χ0v) is 12.1. The van der Waals surface area contributed by atoms with Gasteiger partial charge in [-0.15, -0.1) is 0 Å². The molecule has 0 aromatic heterocycles. The molecule has 0 atom stereocenters. The lowest BCUT2D eigenvalue weighted by Crippen LogP contribution is -2.44. The number of carbonyl (C=O) groups is 1. The molecule has 0 unspecified atom stereocenters. The van der Waals surface area contributed by atoms with Gasteiger partial charge in [-0.25, -0.2) is 0 Å². The van der Waals surface area contributed by atoms with Crippen molar-refractivity contribution in [3.05, 3.63) is 0 Å². The van der Waals surface area contributed by atoms with Crippen LogP contribution in [0.1, 0.15) is 33.6 Å². The summed E-state index contributed by atoms with van der Waals surface area (Å²) in [7, 11) is 1.67. The zero-order valence-electron chi connectivity index (χ0n) is 12.1. The van der Waals surface area contributed by atoms with E-state index in [1.165, 1.54) is 0 Å². The first-order valence-corrected chi connectivity index (χ1v) is 6.41. The second-order valence-corrected chi connectivity index (χ2v) is 5.26. The molecule has 0 rings (SSSR count). The van der Waals surface area contributed by atoms with Crippen LogP contribution in [-0.4, -0.2) is 61.5 Å². The molecule has 0 spiro atoms. The van der Waals surface area contributed by atoms with Crippen LogP contribution in [0.25, 0.3) is 0 Å². The van der Waals surface area contributed by atoms with E-state index in [0.717, 1.165) is 13.0 Å². The fourth-order valence-corrected chi connectivity index (χ4v) is 1.60. The van der Waals surface area contributed by atoms with E-state index in [1.54, 1.807) is 7.11 Å². The molecule has 0 aromatic rings. The molecule has 0 aliphatic carbocycles.